The Balaban J connectivity index is 2.20. The summed E-state index contributed by atoms with van der Waals surface area (Å²) >= 11 is 6.08. The van der Waals surface area contributed by atoms with Crippen molar-refractivity contribution in [1.29, 1.82) is 0 Å². The van der Waals surface area contributed by atoms with Gasteiger partial charge >= 0.3 is 12.1 Å². The Hall–Kier alpha value is -2.54. The molecule has 8 heteroatoms. The number of nitrogen functional groups attached to an aromatic ring is 1. The standard InChI is InChI=1S/C18H15ClF3N3O/c1-10-8-12-2-5-13(19)9-15(12)16(11-3-6-14(23)7-4-11)24-25(10)17(26)18(20,21)22/h2-7,9-10H,8,23H2,1H3. The molecule has 0 aromatic heterocycles. The van der Waals surface area contributed by atoms with Gasteiger partial charge in [-0.15, -0.1) is 0 Å². The lowest BCUT2D eigenvalue weighted by Gasteiger charge is -2.24. The average molecular weight is 382 g/mol. The fourth-order valence-corrected chi connectivity index (χ4v) is 3.01. The van der Waals surface area contributed by atoms with Gasteiger partial charge in [-0.1, -0.05) is 29.8 Å². The zero-order chi connectivity index (χ0) is 19.1. The number of rotatable bonds is 1. The third-order valence-electron chi connectivity index (χ3n) is 4.10. The molecule has 2 N–H and O–H groups in total. The number of carbonyl (C=O) groups is 1. The Morgan fingerprint density at radius 1 is 1.23 bits per heavy atom. The Labute approximate surface area is 153 Å². The Morgan fingerprint density at radius 3 is 2.50 bits per heavy atom. The highest BCUT2D eigenvalue weighted by molar-refractivity contribution is 6.31. The van der Waals surface area contributed by atoms with Crippen LogP contribution >= 0.6 is 11.6 Å². The van der Waals surface area contributed by atoms with E-state index in [2.05, 4.69) is 5.10 Å². The van der Waals surface area contributed by atoms with Gasteiger partial charge in [-0.2, -0.15) is 18.3 Å². The van der Waals surface area contributed by atoms with E-state index in [1.165, 1.54) is 6.92 Å². The first-order valence-corrected chi connectivity index (χ1v) is 8.18. The van der Waals surface area contributed by atoms with Gasteiger partial charge in [-0.25, -0.2) is 5.01 Å². The van der Waals surface area contributed by atoms with Crippen molar-refractivity contribution in [2.75, 3.05) is 5.73 Å². The van der Waals surface area contributed by atoms with Gasteiger partial charge in [0.05, 0.1) is 11.8 Å². The molecule has 0 saturated carbocycles. The number of nitrogens with two attached hydrogens (primary N) is 1. The van der Waals surface area contributed by atoms with Crippen LogP contribution in [0.5, 0.6) is 0 Å². The number of amides is 1. The van der Waals surface area contributed by atoms with E-state index in [0.717, 1.165) is 5.56 Å². The molecule has 1 atom stereocenters. The number of fused-ring (bicyclic) bond motifs is 1. The Kier molecular flexibility index (Phi) is 4.66. The predicted molar refractivity (Wildman–Crippen MR) is 94.0 cm³/mol. The predicted octanol–water partition coefficient (Wildman–Crippen LogP) is 4.01. The molecule has 2 aromatic carbocycles. The van der Waals surface area contributed by atoms with Gasteiger partial charge in [-0.05, 0) is 43.2 Å². The van der Waals surface area contributed by atoms with Gasteiger partial charge < -0.3 is 5.73 Å². The van der Waals surface area contributed by atoms with Crippen molar-refractivity contribution in [2.45, 2.75) is 25.6 Å². The SMILES string of the molecule is CC1Cc2ccc(Cl)cc2C(c2ccc(N)cc2)=NN1C(=O)C(F)(F)F. The molecule has 26 heavy (non-hydrogen) atoms. The van der Waals surface area contributed by atoms with Crippen LogP contribution in [-0.2, 0) is 11.2 Å². The van der Waals surface area contributed by atoms with Gasteiger partial charge in [0.2, 0.25) is 0 Å². The second-order valence-electron chi connectivity index (χ2n) is 6.07. The number of hydrogen-bond donors (Lipinski definition) is 1. The summed E-state index contributed by atoms with van der Waals surface area (Å²) in [5, 5.41) is 5.01. The lowest BCUT2D eigenvalue weighted by atomic mass is 9.94. The molecule has 1 aliphatic rings. The zero-order valence-electron chi connectivity index (χ0n) is 13.7. The molecule has 0 spiro atoms. The maximum Gasteiger partial charge on any atom is 0.473 e. The van der Waals surface area contributed by atoms with E-state index in [0.29, 0.717) is 26.8 Å². The first-order valence-electron chi connectivity index (χ1n) is 7.80. The van der Waals surface area contributed by atoms with Crippen LogP contribution in [0.4, 0.5) is 18.9 Å². The molecule has 0 bridgehead atoms. The molecular weight excluding hydrogens is 367 g/mol. The summed E-state index contributed by atoms with van der Waals surface area (Å²) in [7, 11) is 0. The maximum atomic E-state index is 13.0. The first-order chi connectivity index (χ1) is 12.2. The van der Waals surface area contributed by atoms with Crippen molar-refractivity contribution in [2.24, 2.45) is 5.10 Å². The summed E-state index contributed by atoms with van der Waals surface area (Å²) < 4.78 is 39.1. The molecule has 1 unspecified atom stereocenters. The van der Waals surface area contributed by atoms with E-state index in [9.17, 15) is 18.0 Å². The molecule has 0 aliphatic carbocycles. The molecule has 0 saturated heterocycles. The van der Waals surface area contributed by atoms with Crippen molar-refractivity contribution in [3.8, 4) is 0 Å². The normalized spacial score (nSPS) is 17.3. The minimum atomic E-state index is -5.02. The van der Waals surface area contributed by atoms with E-state index in [4.69, 9.17) is 17.3 Å². The van der Waals surface area contributed by atoms with Crippen LogP contribution in [-0.4, -0.2) is 28.8 Å². The minimum Gasteiger partial charge on any atom is -0.399 e. The van der Waals surface area contributed by atoms with Gasteiger partial charge in [0, 0.05) is 21.8 Å². The van der Waals surface area contributed by atoms with Crippen LogP contribution in [0.2, 0.25) is 5.02 Å². The Morgan fingerprint density at radius 2 is 1.88 bits per heavy atom. The van der Waals surface area contributed by atoms with Crippen LogP contribution in [0.1, 0.15) is 23.6 Å². The quantitative estimate of drug-likeness (QED) is 0.759. The third kappa shape index (κ3) is 3.53. The summed E-state index contributed by atoms with van der Waals surface area (Å²) in [4.78, 5) is 11.9. The topological polar surface area (TPSA) is 58.7 Å². The van der Waals surface area contributed by atoms with Crippen LogP contribution in [0.25, 0.3) is 0 Å². The highest BCUT2D eigenvalue weighted by Crippen LogP contribution is 2.29. The van der Waals surface area contributed by atoms with E-state index < -0.39 is 18.1 Å². The number of nitrogens with zero attached hydrogens (tertiary/aromatic N) is 2. The third-order valence-corrected chi connectivity index (χ3v) is 4.34. The second kappa shape index (κ2) is 6.64. The lowest BCUT2D eigenvalue weighted by Crippen LogP contribution is -2.43. The van der Waals surface area contributed by atoms with E-state index in [1.54, 1.807) is 42.5 Å². The van der Waals surface area contributed by atoms with Crippen molar-refractivity contribution in [3.63, 3.8) is 0 Å². The summed E-state index contributed by atoms with van der Waals surface area (Å²) in [6, 6.07) is 10.8. The minimum absolute atomic E-state index is 0.219. The monoisotopic (exact) mass is 381 g/mol. The highest BCUT2D eigenvalue weighted by Gasteiger charge is 2.45. The van der Waals surface area contributed by atoms with Gasteiger partial charge in [-0.3, -0.25) is 4.79 Å². The van der Waals surface area contributed by atoms with Crippen molar-refractivity contribution >= 4 is 28.9 Å². The summed E-state index contributed by atoms with van der Waals surface area (Å²) in [5.74, 6) is -2.00. The largest absolute Gasteiger partial charge is 0.473 e. The number of hydrogen-bond acceptors (Lipinski definition) is 3. The molecule has 1 aliphatic heterocycles. The van der Waals surface area contributed by atoms with Crippen LogP contribution in [0, 0.1) is 0 Å². The first kappa shape index (κ1) is 18.3. The molecule has 0 fully saturated rings. The molecule has 2 aromatic rings. The smallest absolute Gasteiger partial charge is 0.399 e. The van der Waals surface area contributed by atoms with Crippen molar-refractivity contribution in [3.05, 3.63) is 64.2 Å². The molecule has 1 heterocycles. The van der Waals surface area contributed by atoms with E-state index in [1.807, 2.05) is 0 Å². The molecular formula is C18H15ClF3N3O. The highest BCUT2D eigenvalue weighted by atomic mass is 35.5. The van der Waals surface area contributed by atoms with Crippen LogP contribution in [0.15, 0.2) is 47.6 Å². The van der Waals surface area contributed by atoms with Crippen LogP contribution in [0.3, 0.4) is 0 Å². The molecule has 3 rings (SSSR count). The van der Waals surface area contributed by atoms with Gasteiger partial charge in [0.25, 0.3) is 0 Å². The fraction of sp³-hybridized carbons (Fsp3) is 0.222. The number of halogens is 4. The second-order valence-corrected chi connectivity index (χ2v) is 6.51. The van der Waals surface area contributed by atoms with Crippen molar-refractivity contribution in [1.82, 2.24) is 5.01 Å². The maximum absolute atomic E-state index is 13.0. The number of anilines is 1. The zero-order valence-corrected chi connectivity index (χ0v) is 14.5. The number of alkyl halides is 3. The molecule has 4 nitrogen and oxygen atoms in total. The number of carbonyl (C=O) groups excluding carboxylic acids is 1. The van der Waals surface area contributed by atoms with Crippen LogP contribution < -0.4 is 5.73 Å². The number of hydrazone groups is 1. The average Bonchev–Trinajstić information content (AvgIpc) is 2.70. The molecule has 1 amide bonds. The number of benzene rings is 2. The van der Waals surface area contributed by atoms with E-state index in [-0.39, 0.29) is 12.1 Å². The summed E-state index contributed by atoms with van der Waals surface area (Å²) in [5.41, 5.74) is 8.32. The summed E-state index contributed by atoms with van der Waals surface area (Å²) in [6.07, 6.45) is -4.80. The van der Waals surface area contributed by atoms with E-state index >= 15 is 0 Å². The summed E-state index contributed by atoms with van der Waals surface area (Å²) in [6.45, 7) is 1.53. The molecule has 136 valence electrons. The van der Waals surface area contributed by atoms with Gasteiger partial charge in [0.1, 0.15) is 0 Å². The molecule has 0 radical (unpaired) electrons. The van der Waals surface area contributed by atoms with Crippen molar-refractivity contribution < 1.29 is 18.0 Å². The lowest BCUT2D eigenvalue weighted by molar-refractivity contribution is -0.187. The fourth-order valence-electron chi connectivity index (χ4n) is 2.84. The van der Waals surface area contributed by atoms with Gasteiger partial charge in [0.15, 0.2) is 0 Å². The Bertz CT molecular complexity index is 878.